The van der Waals surface area contributed by atoms with Gasteiger partial charge in [0.1, 0.15) is 31.0 Å². The van der Waals surface area contributed by atoms with Crippen molar-refractivity contribution in [3.8, 4) is 28.7 Å². The van der Waals surface area contributed by atoms with Gasteiger partial charge in [-0.25, -0.2) is 9.59 Å². The number of nitrogens with zero attached hydrogens (tertiary/aromatic N) is 1. The number of aromatic carboxylic acids is 1. The zero-order chi connectivity index (χ0) is 36.4. The first-order valence-corrected chi connectivity index (χ1v) is 15.5. The standard InChI is InChI=1S/C34H41N3O13/c1-45-22-15-21(16-23(26(22)38)47-12-10-18-7-4-3-5-8-18)32(44)48-17-25-27(39)28(40)29(41)33(49-25)50-30-19(9-6-11-37-34(35)36)13-20(31(42)43)14-24(30)46-2/h3-5,7-8,13-16,25,27-29,33,38-41H,6,9-12,17H2,1-2H3,(H,42,43)(H4,35,36,37)/t25-,27-,28+,29-,33+/m1/s1. The van der Waals surface area contributed by atoms with Crippen molar-refractivity contribution < 1.29 is 63.5 Å². The van der Waals surface area contributed by atoms with Gasteiger partial charge in [-0.15, -0.1) is 0 Å². The third-order valence-corrected chi connectivity index (χ3v) is 7.77. The third kappa shape index (κ3) is 9.44. The highest BCUT2D eigenvalue weighted by molar-refractivity contribution is 5.91. The largest absolute Gasteiger partial charge is 0.502 e. The molecule has 0 radical (unpaired) electrons. The number of hydrogen-bond acceptors (Lipinski definition) is 13. The highest BCUT2D eigenvalue weighted by Gasteiger charge is 2.46. The van der Waals surface area contributed by atoms with Crippen LogP contribution in [0.1, 0.15) is 38.3 Å². The summed E-state index contributed by atoms with van der Waals surface area (Å²) in [6, 6.07) is 14.6. The summed E-state index contributed by atoms with van der Waals surface area (Å²) in [5.74, 6) is -2.65. The van der Waals surface area contributed by atoms with Crippen molar-refractivity contribution in [3.63, 3.8) is 0 Å². The van der Waals surface area contributed by atoms with E-state index in [4.69, 9.17) is 39.9 Å². The van der Waals surface area contributed by atoms with Crippen molar-refractivity contribution in [1.82, 2.24) is 0 Å². The fourth-order valence-electron chi connectivity index (χ4n) is 5.13. The molecular weight excluding hydrogens is 658 g/mol. The van der Waals surface area contributed by atoms with Gasteiger partial charge in [0.15, 0.2) is 29.0 Å². The van der Waals surface area contributed by atoms with Crippen LogP contribution in [0.25, 0.3) is 0 Å². The highest BCUT2D eigenvalue weighted by Crippen LogP contribution is 2.39. The second kappa shape index (κ2) is 17.4. The van der Waals surface area contributed by atoms with Gasteiger partial charge in [0.05, 0.1) is 32.0 Å². The van der Waals surface area contributed by atoms with Gasteiger partial charge >= 0.3 is 11.9 Å². The molecule has 270 valence electrons. The average Bonchev–Trinajstić information content (AvgIpc) is 3.10. The van der Waals surface area contributed by atoms with E-state index < -0.39 is 49.3 Å². The van der Waals surface area contributed by atoms with E-state index in [1.165, 1.54) is 38.5 Å². The summed E-state index contributed by atoms with van der Waals surface area (Å²) in [5.41, 5.74) is 12.0. The zero-order valence-electron chi connectivity index (χ0n) is 27.4. The molecule has 3 aromatic carbocycles. The third-order valence-electron chi connectivity index (χ3n) is 7.77. The molecule has 5 atom stereocenters. The lowest BCUT2D eigenvalue weighted by molar-refractivity contribution is -0.277. The van der Waals surface area contributed by atoms with Crippen LogP contribution in [0.2, 0.25) is 0 Å². The Bertz CT molecular complexity index is 1650. The minimum atomic E-state index is -1.80. The van der Waals surface area contributed by atoms with E-state index >= 15 is 0 Å². The van der Waals surface area contributed by atoms with Crippen LogP contribution in [0, 0.1) is 0 Å². The molecular formula is C34H41N3O13. The van der Waals surface area contributed by atoms with Crippen molar-refractivity contribution in [2.45, 2.75) is 50.0 Å². The fraction of sp³-hybridized carbons (Fsp3) is 0.382. The number of carboxylic acid groups (broad SMARTS) is 1. The predicted molar refractivity (Wildman–Crippen MR) is 177 cm³/mol. The maximum absolute atomic E-state index is 13.1. The summed E-state index contributed by atoms with van der Waals surface area (Å²) in [4.78, 5) is 28.8. The van der Waals surface area contributed by atoms with Crippen LogP contribution in [0.3, 0.4) is 0 Å². The Balaban J connectivity index is 1.49. The van der Waals surface area contributed by atoms with E-state index in [-0.39, 0.29) is 65.4 Å². The highest BCUT2D eigenvalue weighted by atomic mass is 16.7. The topological polar surface area (TPSA) is 255 Å². The number of aromatic hydroxyl groups is 1. The van der Waals surface area contributed by atoms with Gasteiger partial charge in [-0.2, -0.15) is 0 Å². The summed E-state index contributed by atoms with van der Waals surface area (Å²) in [6.45, 7) is -0.196. The van der Waals surface area contributed by atoms with Crippen LogP contribution < -0.4 is 30.4 Å². The monoisotopic (exact) mass is 699 g/mol. The molecule has 16 heteroatoms. The molecule has 0 amide bonds. The number of carboxylic acids is 1. The van der Waals surface area contributed by atoms with Gasteiger partial charge in [0.25, 0.3) is 0 Å². The minimum absolute atomic E-state index is 0.00145. The van der Waals surface area contributed by atoms with Gasteiger partial charge in [0, 0.05) is 13.0 Å². The molecule has 1 saturated heterocycles. The van der Waals surface area contributed by atoms with E-state index in [2.05, 4.69) is 4.99 Å². The number of aryl methyl sites for hydroxylation is 1. The average molecular weight is 700 g/mol. The number of methoxy groups -OCH3 is 2. The molecule has 9 N–H and O–H groups in total. The minimum Gasteiger partial charge on any atom is -0.502 e. The van der Waals surface area contributed by atoms with Crippen molar-refractivity contribution in [2.24, 2.45) is 16.5 Å². The molecule has 1 aliphatic rings. The van der Waals surface area contributed by atoms with E-state index in [0.29, 0.717) is 18.4 Å². The lowest BCUT2D eigenvalue weighted by atomic mass is 9.99. The first-order chi connectivity index (χ1) is 23.9. The Hall–Kier alpha value is -5.29. The van der Waals surface area contributed by atoms with Crippen molar-refractivity contribution in [1.29, 1.82) is 0 Å². The number of carbonyl (C=O) groups is 2. The number of benzene rings is 3. The number of rotatable bonds is 16. The molecule has 4 rings (SSSR count). The van der Waals surface area contributed by atoms with E-state index in [0.717, 1.165) is 5.56 Å². The Kier molecular flexibility index (Phi) is 13.1. The van der Waals surface area contributed by atoms with Crippen molar-refractivity contribution in [3.05, 3.63) is 76.9 Å². The van der Waals surface area contributed by atoms with Crippen molar-refractivity contribution >= 4 is 17.9 Å². The van der Waals surface area contributed by atoms with Crippen LogP contribution >= 0.6 is 0 Å². The number of aliphatic imine (C=N–C) groups is 1. The summed E-state index contributed by atoms with van der Waals surface area (Å²) < 4.78 is 33.4. The number of carbonyl (C=O) groups excluding carboxylic acids is 1. The van der Waals surface area contributed by atoms with Crippen LogP contribution in [0.15, 0.2) is 59.6 Å². The molecule has 1 aliphatic heterocycles. The molecule has 0 bridgehead atoms. The summed E-state index contributed by atoms with van der Waals surface area (Å²) in [6.07, 6.45) is -7.20. The molecule has 0 aliphatic carbocycles. The number of guanidine groups is 1. The van der Waals surface area contributed by atoms with Gasteiger partial charge in [-0.05, 0) is 48.2 Å². The number of ether oxygens (including phenoxy) is 6. The molecule has 1 heterocycles. The molecule has 0 aromatic heterocycles. The summed E-state index contributed by atoms with van der Waals surface area (Å²) >= 11 is 0. The van der Waals surface area contributed by atoms with Gasteiger partial charge < -0.3 is 65.4 Å². The van der Waals surface area contributed by atoms with Gasteiger partial charge in [0.2, 0.25) is 12.0 Å². The molecule has 1 fully saturated rings. The van der Waals surface area contributed by atoms with Crippen LogP contribution in [-0.4, -0.2) is 108 Å². The summed E-state index contributed by atoms with van der Waals surface area (Å²) in [7, 11) is 2.59. The van der Waals surface area contributed by atoms with Crippen molar-refractivity contribution in [2.75, 3.05) is 34.0 Å². The van der Waals surface area contributed by atoms with E-state index in [9.17, 15) is 35.1 Å². The number of phenolic OH excluding ortho intramolecular Hbond substituents is 1. The Morgan fingerprint density at radius 1 is 0.880 bits per heavy atom. The lowest BCUT2D eigenvalue weighted by Gasteiger charge is -2.40. The normalized spacial score (nSPS) is 20.0. The second-order valence-electron chi connectivity index (χ2n) is 11.2. The number of esters is 1. The number of nitrogens with two attached hydrogens (primary N) is 2. The molecule has 3 aromatic rings. The second-order valence-corrected chi connectivity index (χ2v) is 11.2. The molecule has 16 nitrogen and oxygen atoms in total. The Morgan fingerprint density at radius 3 is 2.22 bits per heavy atom. The quantitative estimate of drug-likeness (QED) is 0.0476. The molecule has 0 spiro atoms. The number of phenols is 1. The Labute approximate surface area is 287 Å². The summed E-state index contributed by atoms with van der Waals surface area (Å²) in [5, 5.41) is 52.3. The zero-order valence-corrected chi connectivity index (χ0v) is 27.4. The van der Waals surface area contributed by atoms with Gasteiger partial charge in [-0.1, -0.05) is 30.3 Å². The smallest absolute Gasteiger partial charge is 0.338 e. The van der Waals surface area contributed by atoms with Crippen LogP contribution in [-0.2, 0) is 22.3 Å². The lowest BCUT2D eigenvalue weighted by Crippen LogP contribution is -2.60. The first-order valence-electron chi connectivity index (χ1n) is 15.5. The van der Waals surface area contributed by atoms with E-state index in [1.807, 2.05) is 30.3 Å². The number of aliphatic hydroxyl groups is 3. The molecule has 50 heavy (non-hydrogen) atoms. The Morgan fingerprint density at radius 2 is 1.56 bits per heavy atom. The van der Waals surface area contributed by atoms with Crippen LogP contribution in [0.4, 0.5) is 0 Å². The SMILES string of the molecule is COc1cc(C(=O)OC[C@H]2O[C@@H](Oc3c(CCCN=C(N)N)cc(C(=O)O)cc3OC)[C@H](O)[C@@H](O)[C@@H]2O)cc(OCCc2ccccc2)c1O. The first kappa shape index (κ1) is 37.5. The maximum atomic E-state index is 13.1. The molecule has 0 unspecified atom stereocenters. The number of hydrogen-bond donors (Lipinski definition) is 7. The maximum Gasteiger partial charge on any atom is 0.338 e. The predicted octanol–water partition coefficient (Wildman–Crippen LogP) is 0.979. The molecule has 0 saturated carbocycles. The van der Waals surface area contributed by atoms with Crippen LogP contribution in [0.5, 0.6) is 28.7 Å². The van der Waals surface area contributed by atoms with E-state index in [1.54, 1.807) is 0 Å². The fourth-order valence-corrected chi connectivity index (χ4v) is 5.13. The van der Waals surface area contributed by atoms with Gasteiger partial charge in [-0.3, -0.25) is 4.99 Å². The number of aliphatic hydroxyl groups excluding tert-OH is 3.